The van der Waals surface area contributed by atoms with Crippen LogP contribution in [0.1, 0.15) is 19.8 Å². The number of ether oxygens (including phenoxy) is 1. The summed E-state index contributed by atoms with van der Waals surface area (Å²) in [7, 11) is 1.76. The Morgan fingerprint density at radius 3 is 2.90 bits per heavy atom. The maximum absolute atomic E-state index is 5.06. The molecule has 0 amide bonds. The van der Waals surface area contributed by atoms with Gasteiger partial charge in [0.1, 0.15) is 0 Å². The zero-order valence-electron chi connectivity index (χ0n) is 6.89. The van der Waals surface area contributed by atoms with Gasteiger partial charge in [0.05, 0.1) is 6.61 Å². The molecule has 1 N–H and O–H groups in total. The van der Waals surface area contributed by atoms with Crippen LogP contribution in [0, 0.1) is 5.92 Å². The maximum Gasteiger partial charge on any atom is 0.0615 e. The fraction of sp³-hybridized carbons (Fsp3) is 1.00. The monoisotopic (exact) mass is 143 g/mol. The van der Waals surface area contributed by atoms with E-state index in [1.54, 1.807) is 7.11 Å². The van der Waals surface area contributed by atoms with Crippen LogP contribution in [0.5, 0.6) is 0 Å². The highest BCUT2D eigenvalue weighted by atomic mass is 16.5. The summed E-state index contributed by atoms with van der Waals surface area (Å²) >= 11 is 0. The Kier molecular flexibility index (Phi) is 3.16. The Morgan fingerprint density at radius 1 is 1.60 bits per heavy atom. The van der Waals surface area contributed by atoms with Gasteiger partial charge in [0, 0.05) is 13.2 Å². The number of rotatable bonds is 3. The van der Waals surface area contributed by atoms with Crippen LogP contribution in [0.2, 0.25) is 0 Å². The molecule has 0 aliphatic carbocycles. The van der Waals surface area contributed by atoms with Crippen molar-refractivity contribution in [2.75, 3.05) is 20.3 Å². The summed E-state index contributed by atoms with van der Waals surface area (Å²) in [6.45, 7) is 4.31. The van der Waals surface area contributed by atoms with E-state index in [0.717, 1.165) is 12.5 Å². The number of nitrogens with one attached hydrogen (secondary N) is 1. The van der Waals surface area contributed by atoms with E-state index in [-0.39, 0.29) is 0 Å². The second kappa shape index (κ2) is 3.94. The molecule has 1 heterocycles. The highest BCUT2D eigenvalue weighted by Gasteiger charge is 2.21. The average Bonchev–Trinajstić information content (AvgIpc) is 2.37. The van der Waals surface area contributed by atoms with Crippen molar-refractivity contribution >= 4 is 0 Å². The van der Waals surface area contributed by atoms with E-state index in [1.807, 2.05) is 0 Å². The van der Waals surface area contributed by atoms with Crippen LogP contribution < -0.4 is 5.32 Å². The van der Waals surface area contributed by atoms with Crippen LogP contribution in [-0.4, -0.2) is 26.3 Å². The molecule has 2 heteroatoms. The quantitative estimate of drug-likeness (QED) is 0.637. The molecule has 10 heavy (non-hydrogen) atoms. The highest BCUT2D eigenvalue weighted by Crippen LogP contribution is 2.16. The molecule has 1 fully saturated rings. The van der Waals surface area contributed by atoms with Crippen molar-refractivity contribution in [1.29, 1.82) is 0 Å². The standard InChI is InChI=1S/C8H17NO/c1-3-7-4-8(6-10-2)9-5-7/h7-9H,3-6H2,1-2H3. The first-order valence-corrected chi connectivity index (χ1v) is 4.09. The lowest BCUT2D eigenvalue weighted by Crippen LogP contribution is -2.25. The Balaban J connectivity index is 2.15. The topological polar surface area (TPSA) is 21.3 Å². The second-order valence-electron chi connectivity index (χ2n) is 3.07. The first-order valence-electron chi connectivity index (χ1n) is 4.09. The molecule has 1 rings (SSSR count). The van der Waals surface area contributed by atoms with Gasteiger partial charge in [-0.25, -0.2) is 0 Å². The Labute approximate surface area is 63.0 Å². The molecule has 0 aromatic carbocycles. The van der Waals surface area contributed by atoms with Crippen molar-refractivity contribution < 1.29 is 4.74 Å². The molecule has 1 saturated heterocycles. The van der Waals surface area contributed by atoms with Gasteiger partial charge in [0.25, 0.3) is 0 Å². The van der Waals surface area contributed by atoms with Crippen LogP contribution in [0.25, 0.3) is 0 Å². The molecule has 2 nitrogen and oxygen atoms in total. The second-order valence-corrected chi connectivity index (χ2v) is 3.07. The van der Waals surface area contributed by atoms with Crippen LogP contribution in [0.3, 0.4) is 0 Å². The predicted molar refractivity (Wildman–Crippen MR) is 42.1 cm³/mol. The fourth-order valence-electron chi connectivity index (χ4n) is 1.54. The van der Waals surface area contributed by atoms with Crippen LogP contribution >= 0.6 is 0 Å². The fourth-order valence-corrected chi connectivity index (χ4v) is 1.54. The molecular formula is C8H17NO. The lowest BCUT2D eigenvalue weighted by Gasteiger charge is -2.07. The van der Waals surface area contributed by atoms with Gasteiger partial charge in [-0.15, -0.1) is 0 Å². The van der Waals surface area contributed by atoms with Gasteiger partial charge in [-0.3, -0.25) is 0 Å². The van der Waals surface area contributed by atoms with E-state index >= 15 is 0 Å². The van der Waals surface area contributed by atoms with Gasteiger partial charge in [-0.05, 0) is 18.9 Å². The minimum absolute atomic E-state index is 0.620. The van der Waals surface area contributed by atoms with Gasteiger partial charge < -0.3 is 10.1 Å². The van der Waals surface area contributed by atoms with Crippen molar-refractivity contribution in [1.82, 2.24) is 5.32 Å². The predicted octanol–water partition coefficient (Wildman–Crippen LogP) is 1.02. The summed E-state index contributed by atoms with van der Waals surface area (Å²) in [5, 5.41) is 3.43. The third-order valence-corrected chi connectivity index (χ3v) is 2.26. The van der Waals surface area contributed by atoms with Gasteiger partial charge in [0.2, 0.25) is 0 Å². The lowest BCUT2D eigenvalue weighted by atomic mass is 10.0. The molecular weight excluding hydrogens is 126 g/mol. The molecule has 0 spiro atoms. The van der Waals surface area contributed by atoms with Gasteiger partial charge in [-0.2, -0.15) is 0 Å². The van der Waals surface area contributed by atoms with E-state index < -0.39 is 0 Å². The Hall–Kier alpha value is -0.0800. The zero-order valence-corrected chi connectivity index (χ0v) is 6.89. The molecule has 0 saturated carbocycles. The third-order valence-electron chi connectivity index (χ3n) is 2.26. The molecule has 0 aromatic heterocycles. The van der Waals surface area contributed by atoms with Gasteiger partial charge in [-0.1, -0.05) is 13.3 Å². The van der Waals surface area contributed by atoms with Crippen molar-refractivity contribution in [2.24, 2.45) is 5.92 Å². The molecule has 0 aromatic rings. The summed E-state index contributed by atoms with van der Waals surface area (Å²) in [6, 6.07) is 0.620. The van der Waals surface area contributed by atoms with Crippen LogP contribution in [-0.2, 0) is 4.74 Å². The van der Waals surface area contributed by atoms with Crippen molar-refractivity contribution in [3.63, 3.8) is 0 Å². The molecule has 1 aliphatic rings. The van der Waals surface area contributed by atoms with Crippen LogP contribution in [0.4, 0.5) is 0 Å². The smallest absolute Gasteiger partial charge is 0.0615 e. The number of hydrogen-bond donors (Lipinski definition) is 1. The normalized spacial score (nSPS) is 33.0. The molecule has 0 bridgehead atoms. The number of methoxy groups -OCH3 is 1. The first kappa shape index (κ1) is 8.02. The Morgan fingerprint density at radius 2 is 2.40 bits per heavy atom. The SMILES string of the molecule is CCC1CNC(COC)C1. The van der Waals surface area contributed by atoms with Crippen molar-refractivity contribution in [2.45, 2.75) is 25.8 Å². The third kappa shape index (κ3) is 1.96. The van der Waals surface area contributed by atoms with E-state index in [0.29, 0.717) is 6.04 Å². The van der Waals surface area contributed by atoms with Gasteiger partial charge >= 0.3 is 0 Å². The largest absolute Gasteiger partial charge is 0.383 e. The van der Waals surface area contributed by atoms with E-state index in [9.17, 15) is 0 Å². The van der Waals surface area contributed by atoms with E-state index in [1.165, 1.54) is 19.4 Å². The zero-order chi connectivity index (χ0) is 7.40. The lowest BCUT2D eigenvalue weighted by molar-refractivity contribution is 0.172. The molecule has 1 aliphatic heterocycles. The first-order chi connectivity index (χ1) is 4.86. The summed E-state index contributed by atoms with van der Waals surface area (Å²) in [5.74, 6) is 0.889. The average molecular weight is 143 g/mol. The number of hydrogen-bond acceptors (Lipinski definition) is 2. The highest BCUT2D eigenvalue weighted by molar-refractivity contribution is 4.80. The molecule has 0 radical (unpaired) electrons. The summed E-state index contributed by atoms with van der Waals surface area (Å²) in [6.07, 6.45) is 2.59. The minimum Gasteiger partial charge on any atom is -0.383 e. The van der Waals surface area contributed by atoms with Gasteiger partial charge in [0.15, 0.2) is 0 Å². The molecule has 2 unspecified atom stereocenters. The van der Waals surface area contributed by atoms with E-state index in [4.69, 9.17) is 4.74 Å². The van der Waals surface area contributed by atoms with Crippen molar-refractivity contribution in [3.05, 3.63) is 0 Å². The molecule has 2 atom stereocenters. The maximum atomic E-state index is 5.06. The van der Waals surface area contributed by atoms with Crippen LogP contribution in [0.15, 0.2) is 0 Å². The summed E-state index contributed by atoms with van der Waals surface area (Å²) < 4.78 is 5.06. The molecule has 60 valence electrons. The van der Waals surface area contributed by atoms with Crippen molar-refractivity contribution in [3.8, 4) is 0 Å². The summed E-state index contributed by atoms with van der Waals surface area (Å²) in [4.78, 5) is 0. The summed E-state index contributed by atoms with van der Waals surface area (Å²) in [5.41, 5.74) is 0. The van der Waals surface area contributed by atoms with E-state index in [2.05, 4.69) is 12.2 Å². The minimum atomic E-state index is 0.620. The Bertz CT molecular complexity index is 95.3.